The first-order valence-corrected chi connectivity index (χ1v) is 6.75. The van der Waals surface area contributed by atoms with Crippen molar-refractivity contribution in [3.05, 3.63) is 28.3 Å². The predicted molar refractivity (Wildman–Crippen MR) is 76.3 cm³/mol. The van der Waals surface area contributed by atoms with Gasteiger partial charge in [0.05, 0.1) is 18.1 Å². The molecule has 110 valence electrons. The summed E-state index contributed by atoms with van der Waals surface area (Å²) in [7, 11) is 3.17. The van der Waals surface area contributed by atoms with E-state index >= 15 is 0 Å². The minimum Gasteiger partial charge on any atom is -0.490 e. The van der Waals surface area contributed by atoms with Crippen molar-refractivity contribution in [2.45, 2.75) is 37.8 Å². The highest BCUT2D eigenvalue weighted by atomic mass is 16.6. The Kier molecular flexibility index (Phi) is 4.79. The third-order valence-corrected chi connectivity index (χ3v) is 3.75. The Morgan fingerprint density at radius 2 is 1.95 bits per heavy atom. The minimum atomic E-state index is -0.425. The second-order valence-corrected chi connectivity index (χ2v) is 5.00. The third-order valence-electron chi connectivity index (χ3n) is 3.75. The molecule has 0 saturated heterocycles. The van der Waals surface area contributed by atoms with E-state index in [2.05, 4.69) is 5.32 Å². The van der Waals surface area contributed by atoms with Gasteiger partial charge in [-0.15, -0.1) is 0 Å². The van der Waals surface area contributed by atoms with Gasteiger partial charge < -0.3 is 14.8 Å². The van der Waals surface area contributed by atoms with Crippen LogP contribution in [0, 0.1) is 10.1 Å². The Labute approximate surface area is 118 Å². The molecule has 1 aliphatic rings. The molecule has 0 radical (unpaired) electrons. The standard InChI is InChI=1S/C14H20N2O4/c1-19-12-6-3-10(4-7-12)15-11-5-8-14(20-2)13(9-11)16(17)18/h5,8-10,12,15H,3-4,6-7H2,1-2H3. The Bertz CT molecular complexity index is 470. The van der Waals surface area contributed by atoms with E-state index in [-0.39, 0.29) is 11.4 Å². The quantitative estimate of drug-likeness (QED) is 0.663. The lowest BCUT2D eigenvalue weighted by Crippen LogP contribution is -2.29. The number of nitro groups is 1. The summed E-state index contributed by atoms with van der Waals surface area (Å²) in [6.07, 6.45) is 4.41. The van der Waals surface area contributed by atoms with Crippen LogP contribution in [0.2, 0.25) is 0 Å². The molecule has 2 rings (SSSR count). The van der Waals surface area contributed by atoms with Gasteiger partial charge in [-0.05, 0) is 37.8 Å². The van der Waals surface area contributed by atoms with E-state index in [0.717, 1.165) is 31.4 Å². The van der Waals surface area contributed by atoms with Gasteiger partial charge in [0.15, 0.2) is 5.75 Å². The van der Waals surface area contributed by atoms with E-state index < -0.39 is 4.92 Å². The summed E-state index contributed by atoms with van der Waals surface area (Å²) in [6, 6.07) is 5.31. The van der Waals surface area contributed by atoms with Gasteiger partial charge in [0, 0.05) is 24.9 Å². The molecule has 0 unspecified atom stereocenters. The molecule has 6 nitrogen and oxygen atoms in total. The lowest BCUT2D eigenvalue weighted by molar-refractivity contribution is -0.385. The maximum Gasteiger partial charge on any atom is 0.312 e. The lowest BCUT2D eigenvalue weighted by Gasteiger charge is -2.28. The number of nitro benzene ring substituents is 1. The first-order valence-electron chi connectivity index (χ1n) is 6.75. The first-order chi connectivity index (χ1) is 9.63. The maximum absolute atomic E-state index is 11.0. The Balaban J connectivity index is 2.03. The molecule has 0 amide bonds. The van der Waals surface area contributed by atoms with Crippen molar-refractivity contribution in [3.63, 3.8) is 0 Å². The van der Waals surface area contributed by atoms with Gasteiger partial charge in [0.25, 0.3) is 0 Å². The summed E-state index contributed by atoms with van der Waals surface area (Å²) >= 11 is 0. The van der Waals surface area contributed by atoms with Crippen molar-refractivity contribution in [2.24, 2.45) is 0 Å². The monoisotopic (exact) mass is 280 g/mol. The number of hydrogen-bond donors (Lipinski definition) is 1. The van der Waals surface area contributed by atoms with Crippen molar-refractivity contribution in [3.8, 4) is 5.75 Å². The van der Waals surface area contributed by atoms with Gasteiger partial charge >= 0.3 is 5.69 Å². The molecule has 0 bridgehead atoms. The van der Waals surface area contributed by atoms with E-state index in [1.165, 1.54) is 13.2 Å². The maximum atomic E-state index is 11.0. The van der Waals surface area contributed by atoms with E-state index in [1.807, 2.05) is 6.07 Å². The van der Waals surface area contributed by atoms with Gasteiger partial charge in [-0.25, -0.2) is 0 Å². The largest absolute Gasteiger partial charge is 0.490 e. The van der Waals surface area contributed by atoms with Crippen LogP contribution in [0.15, 0.2) is 18.2 Å². The number of methoxy groups -OCH3 is 2. The molecule has 20 heavy (non-hydrogen) atoms. The van der Waals surface area contributed by atoms with E-state index in [1.54, 1.807) is 13.2 Å². The van der Waals surface area contributed by atoms with Crippen LogP contribution in [0.25, 0.3) is 0 Å². The molecule has 1 saturated carbocycles. The summed E-state index contributed by atoms with van der Waals surface area (Å²) in [6.45, 7) is 0. The van der Waals surface area contributed by atoms with Crippen LogP contribution in [0.4, 0.5) is 11.4 Å². The molecule has 1 N–H and O–H groups in total. The average Bonchev–Trinajstić information content (AvgIpc) is 2.48. The van der Waals surface area contributed by atoms with Crippen molar-refractivity contribution in [2.75, 3.05) is 19.5 Å². The van der Waals surface area contributed by atoms with Gasteiger partial charge in [-0.1, -0.05) is 0 Å². The molecule has 6 heteroatoms. The van der Waals surface area contributed by atoms with Crippen molar-refractivity contribution in [1.29, 1.82) is 0 Å². The van der Waals surface area contributed by atoms with Crippen molar-refractivity contribution in [1.82, 2.24) is 0 Å². The van der Waals surface area contributed by atoms with Gasteiger partial charge in [-0.3, -0.25) is 10.1 Å². The van der Waals surface area contributed by atoms with Gasteiger partial charge in [0.2, 0.25) is 0 Å². The Morgan fingerprint density at radius 1 is 1.25 bits per heavy atom. The van der Waals surface area contributed by atoms with E-state index in [9.17, 15) is 10.1 Å². The number of ether oxygens (including phenoxy) is 2. The summed E-state index contributed by atoms with van der Waals surface area (Å²) in [4.78, 5) is 10.6. The summed E-state index contributed by atoms with van der Waals surface area (Å²) in [5.74, 6) is 0.281. The van der Waals surface area contributed by atoms with Gasteiger partial charge in [0.1, 0.15) is 0 Å². The average molecular weight is 280 g/mol. The predicted octanol–water partition coefficient (Wildman–Crippen LogP) is 2.97. The zero-order chi connectivity index (χ0) is 14.5. The highest BCUT2D eigenvalue weighted by Crippen LogP contribution is 2.31. The zero-order valence-corrected chi connectivity index (χ0v) is 11.8. The van der Waals surface area contributed by atoms with Crippen LogP contribution < -0.4 is 10.1 Å². The SMILES string of the molecule is COc1ccc(NC2CCC(OC)CC2)cc1[N+](=O)[O-]. The van der Waals surface area contributed by atoms with E-state index in [0.29, 0.717) is 12.1 Å². The summed E-state index contributed by atoms with van der Waals surface area (Å²) in [5, 5.41) is 14.3. The molecular formula is C14H20N2O4. The fourth-order valence-corrected chi connectivity index (χ4v) is 2.60. The number of nitrogens with one attached hydrogen (secondary N) is 1. The zero-order valence-electron chi connectivity index (χ0n) is 11.8. The highest BCUT2D eigenvalue weighted by molar-refractivity contribution is 5.58. The van der Waals surface area contributed by atoms with Crippen LogP contribution in [0.3, 0.4) is 0 Å². The minimum absolute atomic E-state index is 0.0110. The second-order valence-electron chi connectivity index (χ2n) is 5.00. The molecule has 0 aromatic heterocycles. The molecule has 0 spiro atoms. The van der Waals surface area contributed by atoms with Crippen molar-refractivity contribution < 1.29 is 14.4 Å². The molecule has 1 aromatic rings. The Hall–Kier alpha value is -1.82. The third kappa shape index (κ3) is 3.39. The number of anilines is 1. The number of rotatable bonds is 5. The Morgan fingerprint density at radius 3 is 2.50 bits per heavy atom. The lowest BCUT2D eigenvalue weighted by atomic mass is 9.93. The summed E-state index contributed by atoms with van der Waals surface area (Å²) in [5.41, 5.74) is 0.751. The van der Waals surface area contributed by atoms with Crippen LogP contribution in [-0.4, -0.2) is 31.3 Å². The second kappa shape index (κ2) is 6.56. The highest BCUT2D eigenvalue weighted by Gasteiger charge is 2.22. The first kappa shape index (κ1) is 14.6. The molecule has 1 aromatic carbocycles. The van der Waals surface area contributed by atoms with Crippen LogP contribution >= 0.6 is 0 Å². The normalized spacial score (nSPS) is 22.3. The molecule has 0 atom stereocenters. The number of benzene rings is 1. The fraction of sp³-hybridized carbons (Fsp3) is 0.571. The van der Waals surface area contributed by atoms with E-state index in [4.69, 9.17) is 9.47 Å². The summed E-state index contributed by atoms with van der Waals surface area (Å²) < 4.78 is 10.3. The fourth-order valence-electron chi connectivity index (χ4n) is 2.60. The molecule has 1 fully saturated rings. The smallest absolute Gasteiger partial charge is 0.312 e. The van der Waals surface area contributed by atoms with Crippen LogP contribution in [0.5, 0.6) is 5.75 Å². The topological polar surface area (TPSA) is 73.6 Å². The van der Waals surface area contributed by atoms with Crippen molar-refractivity contribution >= 4 is 11.4 Å². The number of nitrogens with zero attached hydrogens (tertiary/aromatic N) is 1. The van der Waals surface area contributed by atoms with Crippen LogP contribution in [-0.2, 0) is 4.74 Å². The molecule has 0 heterocycles. The molecular weight excluding hydrogens is 260 g/mol. The number of hydrogen-bond acceptors (Lipinski definition) is 5. The van der Waals surface area contributed by atoms with Gasteiger partial charge in [-0.2, -0.15) is 0 Å². The van der Waals surface area contributed by atoms with Crippen LogP contribution in [0.1, 0.15) is 25.7 Å². The molecule has 1 aliphatic carbocycles. The molecule has 0 aliphatic heterocycles.